The molecule has 0 fully saturated rings. The lowest BCUT2D eigenvalue weighted by Gasteiger charge is -2.23. The second-order valence-electron chi connectivity index (χ2n) is 4.40. The number of thiophene rings is 1. The minimum absolute atomic E-state index is 0.0928. The van der Waals surface area contributed by atoms with E-state index in [2.05, 4.69) is 0 Å². The molecule has 0 saturated heterocycles. The van der Waals surface area contributed by atoms with Gasteiger partial charge in [0.2, 0.25) is 0 Å². The molecule has 0 saturated carbocycles. The van der Waals surface area contributed by atoms with E-state index in [0.29, 0.717) is 12.0 Å². The van der Waals surface area contributed by atoms with Crippen LogP contribution in [0.25, 0.3) is 0 Å². The molecule has 1 aromatic rings. The highest BCUT2D eigenvalue weighted by Gasteiger charge is 2.37. The Bertz CT molecular complexity index is 658. The highest BCUT2D eigenvalue weighted by atomic mass is 32.3. The van der Waals surface area contributed by atoms with Crippen molar-refractivity contribution < 1.29 is 12.6 Å². The van der Waals surface area contributed by atoms with E-state index in [0.717, 1.165) is 11.3 Å². The molecule has 0 radical (unpaired) electrons. The van der Waals surface area contributed by atoms with E-state index in [9.17, 15) is 12.6 Å². The maximum atomic E-state index is 12.1. The van der Waals surface area contributed by atoms with Gasteiger partial charge < -0.3 is 0 Å². The molecule has 0 bridgehead atoms. The molecule has 1 aliphatic heterocycles. The highest BCUT2D eigenvalue weighted by Crippen LogP contribution is 2.43. The summed E-state index contributed by atoms with van der Waals surface area (Å²) in [6.07, 6.45) is 0.551. The Kier molecular flexibility index (Phi) is 2.89. The summed E-state index contributed by atoms with van der Waals surface area (Å²) in [6.45, 7) is 3.61. The van der Waals surface area contributed by atoms with Gasteiger partial charge in [0, 0.05) is 0 Å². The summed E-state index contributed by atoms with van der Waals surface area (Å²) < 4.78 is 43.4. The second-order valence-corrected chi connectivity index (χ2v) is 9.91. The molecule has 5 nitrogen and oxygen atoms in total. The fourth-order valence-electron chi connectivity index (χ4n) is 2.02. The summed E-state index contributed by atoms with van der Waals surface area (Å²) in [5.41, 5.74) is 0.661. The van der Waals surface area contributed by atoms with Crippen LogP contribution in [0.15, 0.2) is 14.5 Å². The molecule has 8 heteroatoms. The van der Waals surface area contributed by atoms with Gasteiger partial charge in [0.25, 0.3) is 0 Å². The van der Waals surface area contributed by atoms with Crippen LogP contribution in [0.2, 0.25) is 0 Å². The zero-order valence-corrected chi connectivity index (χ0v) is 11.9. The molecular weight excluding hydrogens is 280 g/mol. The van der Waals surface area contributed by atoms with Crippen LogP contribution in [0.3, 0.4) is 0 Å². The smallest absolute Gasteiger partial charge is 0.190 e. The molecule has 3 unspecified atom stereocenters. The van der Waals surface area contributed by atoms with Gasteiger partial charge in [-0.25, -0.2) is 22.5 Å². The lowest BCUT2D eigenvalue weighted by molar-refractivity contribution is 0.549. The third-order valence-corrected chi connectivity index (χ3v) is 8.41. The first-order valence-electron chi connectivity index (χ1n) is 5.08. The van der Waals surface area contributed by atoms with E-state index in [1.54, 1.807) is 6.92 Å². The van der Waals surface area contributed by atoms with Crippen molar-refractivity contribution in [3.8, 4) is 0 Å². The second kappa shape index (κ2) is 3.78. The largest absolute Gasteiger partial charge is 0.241 e. The number of fused-ring (bicyclic) bond motifs is 1. The van der Waals surface area contributed by atoms with Crippen LogP contribution < -0.4 is 5.14 Å². The van der Waals surface area contributed by atoms with E-state index in [1.807, 2.05) is 6.92 Å². The van der Waals surface area contributed by atoms with Crippen molar-refractivity contribution in [3.05, 3.63) is 11.6 Å². The van der Waals surface area contributed by atoms with Gasteiger partial charge in [-0.2, -0.15) is 0 Å². The van der Waals surface area contributed by atoms with Crippen LogP contribution in [0.1, 0.15) is 31.7 Å². The maximum Gasteiger partial charge on any atom is 0.190 e. The fourth-order valence-corrected chi connectivity index (χ4v) is 6.69. The first-order chi connectivity index (χ1) is 7.64. The molecule has 0 spiro atoms. The van der Waals surface area contributed by atoms with Crippen molar-refractivity contribution in [1.82, 2.24) is 0 Å². The molecule has 1 aliphatic rings. The van der Waals surface area contributed by atoms with Crippen LogP contribution in [-0.4, -0.2) is 17.9 Å². The lowest BCUT2D eigenvalue weighted by atomic mass is 9.99. The van der Waals surface area contributed by atoms with Crippen molar-refractivity contribution in [2.24, 2.45) is 5.14 Å². The predicted octanol–water partition coefficient (Wildman–Crippen LogP) is 1.70. The average molecular weight is 294 g/mol. The summed E-state index contributed by atoms with van der Waals surface area (Å²) in [5, 5.41) is 4.81. The Morgan fingerprint density at radius 3 is 2.65 bits per heavy atom. The fraction of sp³-hybridized carbons (Fsp3) is 0.556. The lowest BCUT2D eigenvalue weighted by Crippen LogP contribution is -2.25. The summed E-state index contributed by atoms with van der Waals surface area (Å²) in [6, 6.07) is 1.52. The predicted molar refractivity (Wildman–Crippen MR) is 67.3 cm³/mol. The molecule has 1 aromatic heterocycles. The molecule has 3 N–H and O–H groups in total. The number of hydrogen-bond donors (Lipinski definition) is 2. The summed E-state index contributed by atoms with van der Waals surface area (Å²) in [7, 11) is -6.67. The summed E-state index contributed by atoms with van der Waals surface area (Å²) >= 11 is 0.881. The number of sulfone groups is 1. The van der Waals surface area contributed by atoms with Gasteiger partial charge in [-0.3, -0.25) is 0 Å². The number of nitrogens with one attached hydrogen (secondary N) is 1. The summed E-state index contributed by atoms with van der Waals surface area (Å²) in [5.74, 6) is 0.0928. The third kappa shape index (κ3) is 2.03. The number of nitrogens with two attached hydrogens (primary N) is 1. The molecule has 0 aromatic carbocycles. The monoisotopic (exact) mass is 294 g/mol. The van der Waals surface area contributed by atoms with Gasteiger partial charge in [-0.1, -0.05) is 6.92 Å². The molecule has 3 atom stereocenters. The zero-order chi connectivity index (χ0) is 13.0. The Morgan fingerprint density at radius 2 is 2.12 bits per heavy atom. The maximum absolute atomic E-state index is 12.1. The highest BCUT2D eigenvalue weighted by molar-refractivity contribution is 7.96. The normalized spacial score (nSPS) is 30.5. The molecule has 96 valence electrons. The van der Waals surface area contributed by atoms with Gasteiger partial charge in [0.05, 0.1) is 5.25 Å². The quantitative estimate of drug-likeness (QED) is 0.824. The first-order valence-corrected chi connectivity index (χ1v) is 9.06. The molecule has 0 aliphatic carbocycles. The number of rotatable bonds is 1. The zero-order valence-electron chi connectivity index (χ0n) is 9.47. The average Bonchev–Trinajstić information content (AvgIpc) is 2.59. The molecule has 0 amide bonds. The van der Waals surface area contributed by atoms with Crippen molar-refractivity contribution in [2.75, 3.05) is 0 Å². The Hall–Kier alpha value is -0.440. The van der Waals surface area contributed by atoms with Crippen molar-refractivity contribution >= 4 is 31.1 Å². The van der Waals surface area contributed by atoms with E-state index in [1.165, 1.54) is 6.07 Å². The Labute approximate surface area is 105 Å². The van der Waals surface area contributed by atoms with Gasteiger partial charge in [-0.15, -0.1) is 11.3 Å². The van der Waals surface area contributed by atoms with Crippen molar-refractivity contribution in [1.29, 1.82) is 4.78 Å². The van der Waals surface area contributed by atoms with Gasteiger partial charge in [-0.05, 0) is 30.9 Å². The van der Waals surface area contributed by atoms with Crippen LogP contribution in [0.4, 0.5) is 0 Å². The minimum atomic E-state index is -3.34. The van der Waals surface area contributed by atoms with Crippen molar-refractivity contribution in [3.63, 3.8) is 0 Å². The third-order valence-electron chi connectivity index (χ3n) is 3.01. The van der Waals surface area contributed by atoms with Gasteiger partial charge in [0.15, 0.2) is 9.84 Å². The summed E-state index contributed by atoms with van der Waals surface area (Å²) in [4.78, 5) is 0. The van der Waals surface area contributed by atoms with Crippen molar-refractivity contribution in [2.45, 2.75) is 39.9 Å². The van der Waals surface area contributed by atoms with E-state index < -0.39 is 25.0 Å². The van der Waals surface area contributed by atoms with E-state index >= 15 is 0 Å². The van der Waals surface area contributed by atoms with Crippen LogP contribution in [0, 0.1) is 4.78 Å². The SMILES string of the molecule is CC1CC(C)S(=O)(=O)c2sc(S(=N)(N)=O)cc21. The van der Waals surface area contributed by atoms with Crippen LogP contribution in [-0.2, 0) is 19.8 Å². The van der Waals surface area contributed by atoms with Gasteiger partial charge in [0.1, 0.15) is 18.3 Å². The Balaban J connectivity index is 2.73. The number of hydrogen-bond acceptors (Lipinski definition) is 5. The minimum Gasteiger partial charge on any atom is -0.241 e. The van der Waals surface area contributed by atoms with Gasteiger partial charge >= 0.3 is 0 Å². The topological polar surface area (TPSA) is 101 Å². The molecule has 17 heavy (non-hydrogen) atoms. The van der Waals surface area contributed by atoms with E-state index in [4.69, 9.17) is 9.92 Å². The Morgan fingerprint density at radius 1 is 1.53 bits per heavy atom. The van der Waals surface area contributed by atoms with Crippen LogP contribution >= 0.6 is 11.3 Å². The van der Waals surface area contributed by atoms with Crippen LogP contribution in [0.5, 0.6) is 0 Å². The standard InChI is InChI=1S/C9H14N2O3S3/c1-5-3-6(2)16(12,13)9-7(5)4-8(15-9)17(10,11)14/h4-6H,3H2,1-2H3,(H3,10,11,14). The first kappa shape index (κ1) is 13.0. The molecule has 2 rings (SSSR count). The van der Waals surface area contributed by atoms with E-state index in [-0.39, 0.29) is 14.3 Å². The molecular formula is C9H14N2O3S3. The molecule has 2 heterocycles.